The fourth-order valence-electron chi connectivity index (χ4n) is 3.10. The molecule has 116 valence electrons. The maximum absolute atomic E-state index is 12.1. The maximum Gasteiger partial charge on any atom is 0.315 e. The Labute approximate surface area is 130 Å². The van der Waals surface area contributed by atoms with Gasteiger partial charge in [0.1, 0.15) is 5.92 Å². The van der Waals surface area contributed by atoms with Crippen LogP contribution in [0.2, 0.25) is 0 Å². The van der Waals surface area contributed by atoms with Gasteiger partial charge in [0.05, 0.1) is 12.3 Å². The number of carbonyl (C=O) groups is 1. The number of fused-ring (bicyclic) bond motifs is 1. The lowest BCUT2D eigenvalue weighted by Gasteiger charge is -2.24. The molecule has 0 saturated heterocycles. The first-order valence-corrected chi connectivity index (χ1v) is 8.82. The minimum Gasteiger partial charge on any atom is -0.465 e. The van der Waals surface area contributed by atoms with Crippen LogP contribution in [0.5, 0.6) is 0 Å². The lowest BCUT2D eigenvalue weighted by molar-refractivity contribution is -0.145. The third-order valence-corrected chi connectivity index (χ3v) is 5.95. The van der Waals surface area contributed by atoms with Crippen molar-refractivity contribution in [1.29, 1.82) is 0 Å². The molecule has 3 rings (SSSR count). The van der Waals surface area contributed by atoms with Crippen LogP contribution in [-0.4, -0.2) is 30.6 Å². The predicted octanol–water partition coefficient (Wildman–Crippen LogP) is 3.36. The molecule has 1 fully saturated rings. The first-order chi connectivity index (χ1) is 10.1. The lowest BCUT2D eigenvalue weighted by Crippen LogP contribution is -2.30. The van der Waals surface area contributed by atoms with E-state index in [-0.39, 0.29) is 11.9 Å². The van der Waals surface area contributed by atoms with Gasteiger partial charge in [-0.15, -0.1) is 11.3 Å². The Morgan fingerprint density at radius 1 is 1.48 bits per heavy atom. The molecular weight excluding hydrogens is 284 g/mol. The third-order valence-electron chi connectivity index (χ3n) is 4.73. The van der Waals surface area contributed by atoms with Gasteiger partial charge in [-0.25, -0.2) is 4.98 Å². The zero-order valence-electron chi connectivity index (χ0n) is 13.1. The van der Waals surface area contributed by atoms with Crippen LogP contribution in [0, 0.1) is 5.92 Å². The van der Waals surface area contributed by atoms with Crippen molar-refractivity contribution in [3.8, 4) is 0 Å². The first-order valence-electron chi connectivity index (χ1n) is 8.00. The molecular formula is C16H24N2O2S. The second kappa shape index (κ2) is 5.95. The van der Waals surface area contributed by atoms with Gasteiger partial charge in [-0.2, -0.15) is 0 Å². The number of rotatable bonds is 5. The second-order valence-corrected chi connectivity index (χ2v) is 7.25. The van der Waals surface area contributed by atoms with Gasteiger partial charge in [0.2, 0.25) is 0 Å². The molecule has 1 saturated carbocycles. The van der Waals surface area contributed by atoms with Crippen molar-refractivity contribution in [1.82, 2.24) is 4.98 Å². The highest BCUT2D eigenvalue weighted by atomic mass is 32.1. The molecule has 0 spiro atoms. The molecule has 0 bridgehead atoms. The summed E-state index contributed by atoms with van der Waals surface area (Å²) in [6.45, 7) is 4.58. The average molecular weight is 308 g/mol. The van der Waals surface area contributed by atoms with Crippen molar-refractivity contribution in [2.24, 2.45) is 5.92 Å². The van der Waals surface area contributed by atoms with Gasteiger partial charge in [-0.3, -0.25) is 4.79 Å². The summed E-state index contributed by atoms with van der Waals surface area (Å²) in [7, 11) is 2.13. The molecule has 0 aliphatic heterocycles. The van der Waals surface area contributed by atoms with Gasteiger partial charge in [-0.1, -0.05) is 0 Å². The van der Waals surface area contributed by atoms with Crippen LogP contribution in [0.4, 0.5) is 5.13 Å². The fraction of sp³-hybridized carbons (Fsp3) is 0.750. The summed E-state index contributed by atoms with van der Waals surface area (Å²) in [6.07, 6.45) is 5.65. The molecule has 21 heavy (non-hydrogen) atoms. The summed E-state index contributed by atoms with van der Waals surface area (Å²) in [6, 6.07) is 0.540. The molecule has 2 aliphatic carbocycles. The van der Waals surface area contributed by atoms with E-state index in [0.717, 1.165) is 36.0 Å². The van der Waals surface area contributed by atoms with E-state index in [1.54, 1.807) is 11.3 Å². The summed E-state index contributed by atoms with van der Waals surface area (Å²) in [5, 5.41) is 1.07. The van der Waals surface area contributed by atoms with Crippen LogP contribution in [0.3, 0.4) is 0 Å². The Kier molecular flexibility index (Phi) is 4.20. The lowest BCUT2D eigenvalue weighted by atomic mass is 9.91. The minimum absolute atomic E-state index is 0.104. The second-order valence-electron chi connectivity index (χ2n) is 6.19. The monoisotopic (exact) mass is 308 g/mol. The molecule has 0 N–H and O–H groups in total. The molecule has 0 radical (unpaired) electrons. The number of hydrogen-bond donors (Lipinski definition) is 0. The van der Waals surface area contributed by atoms with E-state index in [4.69, 9.17) is 9.72 Å². The topological polar surface area (TPSA) is 42.4 Å². The van der Waals surface area contributed by atoms with Crippen LogP contribution in [0.1, 0.15) is 56.0 Å². The van der Waals surface area contributed by atoms with Crippen molar-refractivity contribution in [3.63, 3.8) is 0 Å². The van der Waals surface area contributed by atoms with Crippen molar-refractivity contribution < 1.29 is 9.53 Å². The number of esters is 1. The average Bonchev–Trinajstić information content (AvgIpc) is 3.23. The van der Waals surface area contributed by atoms with E-state index in [1.807, 2.05) is 6.92 Å². The molecule has 2 aliphatic rings. The van der Waals surface area contributed by atoms with E-state index in [9.17, 15) is 4.79 Å². The number of carbonyl (C=O) groups excluding carboxylic acids is 1. The molecule has 1 aromatic heterocycles. The van der Waals surface area contributed by atoms with Gasteiger partial charge < -0.3 is 9.64 Å². The van der Waals surface area contributed by atoms with Gasteiger partial charge in [-0.05, 0) is 51.9 Å². The van der Waals surface area contributed by atoms with Crippen LogP contribution < -0.4 is 4.90 Å². The molecule has 5 heteroatoms. The number of aryl methyl sites for hydroxylation is 1. The van der Waals surface area contributed by atoms with Gasteiger partial charge in [0.25, 0.3) is 0 Å². The largest absolute Gasteiger partial charge is 0.465 e. The third kappa shape index (κ3) is 2.93. The number of hydrogen-bond acceptors (Lipinski definition) is 5. The maximum atomic E-state index is 12.1. The molecule has 1 heterocycles. The quantitative estimate of drug-likeness (QED) is 0.782. The van der Waals surface area contributed by atoms with E-state index < -0.39 is 0 Å². The Morgan fingerprint density at radius 3 is 2.90 bits per heavy atom. The number of anilines is 1. The smallest absolute Gasteiger partial charge is 0.315 e. The van der Waals surface area contributed by atoms with Crippen LogP contribution in [0.15, 0.2) is 0 Å². The highest BCUT2D eigenvalue weighted by Crippen LogP contribution is 2.41. The fourth-order valence-corrected chi connectivity index (χ4v) is 4.31. The van der Waals surface area contributed by atoms with Crippen LogP contribution in [-0.2, 0) is 16.0 Å². The molecule has 0 aromatic carbocycles. The highest BCUT2D eigenvalue weighted by Gasteiger charge is 2.35. The molecule has 4 nitrogen and oxygen atoms in total. The Hall–Kier alpha value is -1.10. The molecule has 2 atom stereocenters. The number of thiazole rings is 1. The summed E-state index contributed by atoms with van der Waals surface area (Å²) in [5.74, 6) is 0.563. The molecule has 1 aromatic rings. The van der Waals surface area contributed by atoms with E-state index in [1.165, 1.54) is 17.7 Å². The first kappa shape index (κ1) is 14.8. The number of aromatic nitrogens is 1. The van der Waals surface area contributed by atoms with Crippen LogP contribution in [0.25, 0.3) is 0 Å². The summed E-state index contributed by atoms with van der Waals surface area (Å²) in [4.78, 5) is 20.5. The summed E-state index contributed by atoms with van der Waals surface area (Å²) in [5.41, 5.74) is 0.981. The standard InChI is InChI=1S/C16H24N2O2S/c1-4-20-15(19)12-6-5-7-13-14(12)17-16(21-13)18(3)10(2)11-8-9-11/h10-12H,4-9H2,1-3H3. The zero-order valence-corrected chi connectivity index (χ0v) is 13.9. The molecule has 0 amide bonds. The van der Waals surface area contributed by atoms with E-state index in [2.05, 4.69) is 18.9 Å². The molecule has 2 unspecified atom stereocenters. The van der Waals surface area contributed by atoms with E-state index >= 15 is 0 Å². The Balaban J connectivity index is 1.81. The SMILES string of the molecule is CCOC(=O)C1CCCc2sc(N(C)C(C)C3CC3)nc21. The Bertz CT molecular complexity index is 524. The van der Waals surface area contributed by atoms with E-state index in [0.29, 0.717) is 12.6 Å². The zero-order chi connectivity index (χ0) is 15.0. The number of ether oxygens (including phenoxy) is 1. The Morgan fingerprint density at radius 2 is 2.24 bits per heavy atom. The van der Waals surface area contributed by atoms with Crippen molar-refractivity contribution in [2.45, 2.75) is 57.9 Å². The number of nitrogens with zero attached hydrogens (tertiary/aromatic N) is 2. The van der Waals surface area contributed by atoms with Crippen molar-refractivity contribution >= 4 is 22.4 Å². The van der Waals surface area contributed by atoms with Gasteiger partial charge >= 0.3 is 5.97 Å². The summed E-state index contributed by atoms with van der Waals surface area (Å²) >= 11 is 1.76. The minimum atomic E-state index is -0.150. The van der Waals surface area contributed by atoms with Crippen LogP contribution >= 0.6 is 11.3 Å². The van der Waals surface area contributed by atoms with Crippen molar-refractivity contribution in [2.75, 3.05) is 18.6 Å². The highest BCUT2D eigenvalue weighted by molar-refractivity contribution is 7.15. The normalized spacial score (nSPS) is 22.5. The van der Waals surface area contributed by atoms with Crippen molar-refractivity contribution in [3.05, 3.63) is 10.6 Å². The predicted molar refractivity (Wildman–Crippen MR) is 85.0 cm³/mol. The van der Waals surface area contributed by atoms with Gasteiger partial charge in [0, 0.05) is 18.0 Å². The van der Waals surface area contributed by atoms with Gasteiger partial charge in [0.15, 0.2) is 5.13 Å². The summed E-state index contributed by atoms with van der Waals surface area (Å²) < 4.78 is 5.22.